The number of aromatic nitrogens is 1. The third-order valence-corrected chi connectivity index (χ3v) is 3.40. The molecule has 0 atom stereocenters. The molecule has 0 unspecified atom stereocenters. The lowest BCUT2D eigenvalue weighted by Crippen LogP contribution is -2.21. The van der Waals surface area contributed by atoms with Crippen molar-refractivity contribution in [3.8, 4) is 5.75 Å². The minimum atomic E-state index is -4.39. The second-order valence-electron chi connectivity index (χ2n) is 5.11. The predicted molar refractivity (Wildman–Crippen MR) is 92.6 cm³/mol. The first kappa shape index (κ1) is 20.9. The number of hydrogen-bond donors (Lipinski definition) is 2. The smallest absolute Gasteiger partial charge is 0.433 e. The van der Waals surface area contributed by atoms with E-state index in [1.807, 2.05) is 24.3 Å². The summed E-state index contributed by atoms with van der Waals surface area (Å²) in [5, 5.41) is 3.22. The van der Waals surface area contributed by atoms with Gasteiger partial charge in [-0.2, -0.15) is 13.2 Å². The SMILES string of the molecule is CN.COc1ccc(CCNCCc2cccc(C(F)(F)F)n2)cc1. The normalized spacial score (nSPS) is 10.8. The van der Waals surface area contributed by atoms with Gasteiger partial charge >= 0.3 is 6.18 Å². The van der Waals surface area contributed by atoms with Gasteiger partial charge in [-0.25, -0.2) is 4.98 Å². The standard InChI is InChI=1S/C17H19F3N2O.CH5N/c1-23-15-7-5-13(6-8-15)9-11-21-12-10-14-3-2-4-16(22-14)17(18,19)20;1-2/h2-8,21H,9-12H2,1H3;2H2,1H3. The summed E-state index contributed by atoms with van der Waals surface area (Å²) >= 11 is 0. The summed E-state index contributed by atoms with van der Waals surface area (Å²) in [7, 11) is 3.12. The number of nitrogens with one attached hydrogen (secondary N) is 1. The molecule has 0 spiro atoms. The molecule has 2 aromatic rings. The Morgan fingerprint density at radius 2 is 1.64 bits per heavy atom. The van der Waals surface area contributed by atoms with E-state index in [0.29, 0.717) is 18.7 Å². The molecule has 0 saturated carbocycles. The Morgan fingerprint density at radius 1 is 1.00 bits per heavy atom. The number of nitrogens with zero attached hydrogens (tertiary/aromatic N) is 1. The van der Waals surface area contributed by atoms with E-state index in [2.05, 4.69) is 16.0 Å². The minimum Gasteiger partial charge on any atom is -0.497 e. The first-order valence-electron chi connectivity index (χ1n) is 7.93. The molecule has 3 N–H and O–H groups in total. The Morgan fingerprint density at radius 3 is 2.24 bits per heavy atom. The fraction of sp³-hybridized carbons (Fsp3) is 0.389. The van der Waals surface area contributed by atoms with Crippen molar-refractivity contribution in [1.29, 1.82) is 0 Å². The molecule has 1 aromatic heterocycles. The Hall–Kier alpha value is -2.12. The van der Waals surface area contributed by atoms with Crippen LogP contribution in [0.4, 0.5) is 13.2 Å². The van der Waals surface area contributed by atoms with Crippen LogP contribution in [0.2, 0.25) is 0 Å². The summed E-state index contributed by atoms with van der Waals surface area (Å²) in [5.41, 5.74) is 5.28. The number of hydrogen-bond acceptors (Lipinski definition) is 4. The third kappa shape index (κ3) is 7.53. The van der Waals surface area contributed by atoms with Gasteiger partial charge in [-0.1, -0.05) is 18.2 Å². The van der Waals surface area contributed by atoms with Gasteiger partial charge in [0.05, 0.1) is 7.11 Å². The molecule has 138 valence electrons. The molecule has 4 nitrogen and oxygen atoms in total. The first-order valence-corrected chi connectivity index (χ1v) is 7.93. The van der Waals surface area contributed by atoms with E-state index < -0.39 is 11.9 Å². The van der Waals surface area contributed by atoms with Crippen LogP contribution in [0.25, 0.3) is 0 Å². The summed E-state index contributed by atoms with van der Waals surface area (Å²) < 4.78 is 42.8. The fourth-order valence-corrected chi connectivity index (χ4v) is 2.14. The van der Waals surface area contributed by atoms with Crippen LogP contribution in [0.5, 0.6) is 5.75 Å². The van der Waals surface area contributed by atoms with Gasteiger partial charge in [0.1, 0.15) is 11.4 Å². The van der Waals surface area contributed by atoms with Crippen LogP contribution in [0.1, 0.15) is 17.0 Å². The molecule has 1 aromatic carbocycles. The van der Waals surface area contributed by atoms with Gasteiger partial charge in [-0.3, -0.25) is 0 Å². The van der Waals surface area contributed by atoms with Gasteiger partial charge in [0.2, 0.25) is 0 Å². The number of nitrogens with two attached hydrogens (primary N) is 1. The highest BCUT2D eigenvalue weighted by atomic mass is 19.4. The fourth-order valence-electron chi connectivity index (χ4n) is 2.14. The first-order chi connectivity index (χ1) is 12.0. The van der Waals surface area contributed by atoms with Gasteiger partial charge < -0.3 is 15.8 Å². The van der Waals surface area contributed by atoms with E-state index in [-0.39, 0.29) is 0 Å². The molecular weight excluding hydrogens is 331 g/mol. The topological polar surface area (TPSA) is 60.2 Å². The average Bonchev–Trinajstić information content (AvgIpc) is 2.63. The molecule has 0 aliphatic rings. The zero-order valence-corrected chi connectivity index (χ0v) is 14.4. The molecule has 0 bridgehead atoms. The monoisotopic (exact) mass is 355 g/mol. The summed E-state index contributed by atoms with van der Waals surface area (Å²) in [6, 6.07) is 11.8. The summed E-state index contributed by atoms with van der Waals surface area (Å²) in [6.45, 7) is 1.34. The number of halogens is 3. The molecule has 25 heavy (non-hydrogen) atoms. The van der Waals surface area contributed by atoms with E-state index in [1.54, 1.807) is 13.2 Å². The molecule has 0 amide bonds. The molecule has 0 fully saturated rings. The van der Waals surface area contributed by atoms with E-state index in [0.717, 1.165) is 24.8 Å². The van der Waals surface area contributed by atoms with Crippen molar-refractivity contribution in [3.63, 3.8) is 0 Å². The Labute approximate surface area is 146 Å². The van der Waals surface area contributed by atoms with Crippen molar-refractivity contribution in [3.05, 3.63) is 59.4 Å². The second-order valence-corrected chi connectivity index (χ2v) is 5.11. The highest BCUT2D eigenvalue weighted by Gasteiger charge is 2.32. The minimum absolute atomic E-state index is 0.441. The largest absolute Gasteiger partial charge is 0.497 e. The molecule has 2 rings (SSSR count). The Balaban J connectivity index is 0.00000151. The molecule has 0 aliphatic heterocycles. The number of alkyl halides is 3. The van der Waals surface area contributed by atoms with Crippen molar-refractivity contribution in [2.45, 2.75) is 19.0 Å². The van der Waals surface area contributed by atoms with Crippen LogP contribution in [-0.4, -0.2) is 32.2 Å². The lowest BCUT2D eigenvalue weighted by atomic mass is 10.1. The average molecular weight is 355 g/mol. The Bertz CT molecular complexity index is 616. The molecule has 0 aliphatic carbocycles. The van der Waals surface area contributed by atoms with E-state index >= 15 is 0 Å². The number of ether oxygens (including phenoxy) is 1. The van der Waals surface area contributed by atoms with Crippen LogP contribution in [0.15, 0.2) is 42.5 Å². The number of benzene rings is 1. The van der Waals surface area contributed by atoms with Crippen LogP contribution < -0.4 is 15.8 Å². The van der Waals surface area contributed by atoms with Crippen LogP contribution in [-0.2, 0) is 19.0 Å². The molecular formula is C18H24F3N3O. The van der Waals surface area contributed by atoms with Gasteiger partial charge in [-0.15, -0.1) is 0 Å². The maximum Gasteiger partial charge on any atom is 0.433 e. The van der Waals surface area contributed by atoms with Crippen LogP contribution >= 0.6 is 0 Å². The lowest BCUT2D eigenvalue weighted by Gasteiger charge is -2.08. The summed E-state index contributed by atoms with van der Waals surface area (Å²) in [6.07, 6.45) is -3.08. The van der Waals surface area contributed by atoms with E-state index in [9.17, 15) is 13.2 Å². The predicted octanol–water partition coefficient (Wildman–Crippen LogP) is 3.06. The van der Waals surface area contributed by atoms with E-state index in [4.69, 9.17) is 4.74 Å². The summed E-state index contributed by atoms with van der Waals surface area (Å²) in [5.74, 6) is 0.817. The lowest BCUT2D eigenvalue weighted by molar-refractivity contribution is -0.141. The maximum absolute atomic E-state index is 12.6. The maximum atomic E-state index is 12.6. The number of pyridine rings is 1. The van der Waals surface area contributed by atoms with Crippen LogP contribution in [0, 0.1) is 0 Å². The highest BCUT2D eigenvalue weighted by Crippen LogP contribution is 2.27. The van der Waals surface area contributed by atoms with Crippen molar-refractivity contribution >= 4 is 0 Å². The van der Waals surface area contributed by atoms with Crippen molar-refractivity contribution in [1.82, 2.24) is 10.3 Å². The summed E-state index contributed by atoms with van der Waals surface area (Å²) in [4.78, 5) is 3.64. The molecule has 0 radical (unpaired) electrons. The van der Waals surface area contributed by atoms with Gasteiger partial charge in [0, 0.05) is 18.7 Å². The van der Waals surface area contributed by atoms with Crippen molar-refractivity contribution in [2.24, 2.45) is 5.73 Å². The number of rotatable bonds is 7. The highest BCUT2D eigenvalue weighted by molar-refractivity contribution is 5.27. The van der Waals surface area contributed by atoms with Crippen molar-refractivity contribution in [2.75, 3.05) is 27.2 Å². The Kier molecular flexibility index (Phi) is 8.94. The van der Waals surface area contributed by atoms with Crippen molar-refractivity contribution < 1.29 is 17.9 Å². The molecule has 7 heteroatoms. The van der Waals surface area contributed by atoms with Crippen LogP contribution in [0.3, 0.4) is 0 Å². The third-order valence-electron chi connectivity index (χ3n) is 3.40. The molecule has 0 saturated heterocycles. The van der Waals surface area contributed by atoms with Gasteiger partial charge in [0.25, 0.3) is 0 Å². The quantitative estimate of drug-likeness (QED) is 0.750. The van der Waals surface area contributed by atoms with Gasteiger partial charge in [0.15, 0.2) is 0 Å². The number of methoxy groups -OCH3 is 1. The van der Waals surface area contributed by atoms with Gasteiger partial charge in [-0.05, 0) is 49.8 Å². The second kappa shape index (κ2) is 10.7. The van der Waals surface area contributed by atoms with E-state index in [1.165, 1.54) is 18.7 Å². The molecule has 1 heterocycles. The zero-order chi connectivity index (χ0) is 18.7. The zero-order valence-electron chi connectivity index (χ0n) is 14.4.